The van der Waals surface area contributed by atoms with Crippen molar-refractivity contribution < 1.29 is 17.9 Å². The summed E-state index contributed by atoms with van der Waals surface area (Å²) in [6.45, 7) is 8.52. The summed E-state index contributed by atoms with van der Waals surface area (Å²) in [7, 11) is -2.05. The topological polar surface area (TPSA) is 101 Å². The Kier molecular flexibility index (Phi) is 7.78. The van der Waals surface area contributed by atoms with E-state index in [4.69, 9.17) is 9.47 Å². The van der Waals surface area contributed by atoms with Gasteiger partial charge in [0, 0.05) is 51.2 Å². The van der Waals surface area contributed by atoms with Crippen LogP contribution in [-0.2, 0) is 16.6 Å². The molecule has 2 aliphatic rings. The van der Waals surface area contributed by atoms with E-state index in [1.54, 1.807) is 45.4 Å². The van der Waals surface area contributed by atoms with Crippen LogP contribution in [0.15, 0.2) is 53.7 Å². The van der Waals surface area contributed by atoms with Gasteiger partial charge in [0.15, 0.2) is 0 Å². The van der Waals surface area contributed by atoms with Gasteiger partial charge in [-0.1, -0.05) is 6.07 Å². The van der Waals surface area contributed by atoms with Crippen molar-refractivity contribution in [1.29, 1.82) is 0 Å². The fourth-order valence-corrected chi connectivity index (χ4v) is 6.92. The average Bonchev–Trinajstić information content (AvgIpc) is 3.11. The van der Waals surface area contributed by atoms with Crippen LogP contribution in [0, 0.1) is 13.8 Å². The Morgan fingerprint density at radius 2 is 1.76 bits per heavy atom. The minimum absolute atomic E-state index is 0.260. The van der Waals surface area contributed by atoms with Crippen LogP contribution in [0.4, 0.5) is 5.95 Å². The minimum atomic E-state index is -3.62. The highest BCUT2D eigenvalue weighted by Crippen LogP contribution is 2.31. The van der Waals surface area contributed by atoms with Crippen molar-refractivity contribution in [3.8, 4) is 11.6 Å². The maximum absolute atomic E-state index is 13.3. The number of anilines is 1. The fraction of sp³-hybridized carbons (Fsp3) is 0.444. The van der Waals surface area contributed by atoms with Crippen molar-refractivity contribution in [3.05, 3.63) is 65.6 Å². The van der Waals surface area contributed by atoms with Crippen LogP contribution in [-0.4, -0.2) is 85.1 Å². The first kappa shape index (κ1) is 26.3. The molecular formula is C27H34N6O4S. The molecule has 38 heavy (non-hydrogen) atoms. The second-order valence-electron chi connectivity index (χ2n) is 9.78. The maximum Gasteiger partial charge on any atom is 0.243 e. The molecular weight excluding hydrogens is 504 g/mol. The smallest absolute Gasteiger partial charge is 0.243 e. The third-order valence-electron chi connectivity index (χ3n) is 6.97. The van der Waals surface area contributed by atoms with Crippen LogP contribution < -0.4 is 14.4 Å². The summed E-state index contributed by atoms with van der Waals surface area (Å²) in [6.07, 6.45) is 4.27. The normalized spacial score (nSPS) is 17.6. The molecule has 2 aliphatic heterocycles. The van der Waals surface area contributed by atoms with Crippen molar-refractivity contribution in [2.45, 2.75) is 37.8 Å². The SMILES string of the molecule is COc1cc(C)c(S(=O)(=O)N2CC(Oc3ccnc(N4CCCN(Cc5ccccn5)CC4)n3)C2)c(C)c1. The van der Waals surface area contributed by atoms with E-state index < -0.39 is 10.0 Å². The number of pyridine rings is 1. The third kappa shape index (κ3) is 5.74. The maximum atomic E-state index is 13.3. The van der Waals surface area contributed by atoms with E-state index in [1.165, 1.54) is 4.31 Å². The number of sulfonamides is 1. The Balaban J connectivity index is 1.18. The largest absolute Gasteiger partial charge is 0.497 e. The van der Waals surface area contributed by atoms with Gasteiger partial charge in [0.2, 0.25) is 21.9 Å². The molecule has 0 saturated carbocycles. The van der Waals surface area contributed by atoms with E-state index in [1.807, 2.05) is 18.3 Å². The minimum Gasteiger partial charge on any atom is -0.497 e. The molecule has 0 atom stereocenters. The van der Waals surface area contributed by atoms with Crippen molar-refractivity contribution in [2.24, 2.45) is 0 Å². The molecule has 0 bridgehead atoms. The van der Waals surface area contributed by atoms with Crippen molar-refractivity contribution >= 4 is 16.0 Å². The van der Waals surface area contributed by atoms with Crippen molar-refractivity contribution in [1.82, 2.24) is 24.2 Å². The fourth-order valence-electron chi connectivity index (χ4n) is 5.01. The molecule has 2 fully saturated rings. The van der Waals surface area contributed by atoms with Gasteiger partial charge >= 0.3 is 0 Å². The number of methoxy groups -OCH3 is 1. The number of aryl methyl sites for hydroxylation is 2. The first-order chi connectivity index (χ1) is 18.3. The van der Waals surface area contributed by atoms with Gasteiger partial charge in [-0.2, -0.15) is 9.29 Å². The van der Waals surface area contributed by atoms with E-state index in [0.717, 1.165) is 44.8 Å². The number of aromatic nitrogens is 3. The molecule has 0 spiro atoms. The van der Waals surface area contributed by atoms with Gasteiger partial charge in [0.05, 0.1) is 30.8 Å². The number of nitrogens with zero attached hydrogens (tertiary/aromatic N) is 6. The summed E-state index contributed by atoms with van der Waals surface area (Å²) in [5.41, 5.74) is 2.41. The van der Waals surface area contributed by atoms with Gasteiger partial charge in [-0.3, -0.25) is 9.88 Å². The average molecular weight is 539 g/mol. The Hall–Kier alpha value is -3.28. The lowest BCUT2D eigenvalue weighted by molar-refractivity contribution is 0.0720. The molecule has 1 aromatic carbocycles. The first-order valence-corrected chi connectivity index (χ1v) is 14.3. The summed E-state index contributed by atoms with van der Waals surface area (Å²) in [5.74, 6) is 1.74. The lowest BCUT2D eigenvalue weighted by Gasteiger charge is -2.38. The Morgan fingerprint density at radius 3 is 2.47 bits per heavy atom. The predicted molar refractivity (Wildman–Crippen MR) is 144 cm³/mol. The Morgan fingerprint density at radius 1 is 0.974 bits per heavy atom. The zero-order chi connectivity index (χ0) is 26.7. The molecule has 5 rings (SSSR count). The molecule has 0 amide bonds. The highest BCUT2D eigenvalue weighted by atomic mass is 32.2. The van der Waals surface area contributed by atoms with Crippen molar-refractivity contribution in [2.75, 3.05) is 51.3 Å². The molecule has 0 aliphatic carbocycles. The predicted octanol–water partition coefficient (Wildman–Crippen LogP) is 2.66. The summed E-state index contributed by atoms with van der Waals surface area (Å²) in [6, 6.07) is 11.2. The number of rotatable bonds is 8. The zero-order valence-electron chi connectivity index (χ0n) is 22.1. The molecule has 0 unspecified atom stereocenters. The first-order valence-electron chi connectivity index (χ1n) is 12.9. The number of hydrogen-bond acceptors (Lipinski definition) is 9. The number of benzene rings is 1. The van der Waals surface area contributed by atoms with E-state index >= 15 is 0 Å². The van der Waals surface area contributed by atoms with E-state index in [0.29, 0.717) is 33.6 Å². The summed E-state index contributed by atoms with van der Waals surface area (Å²) < 4.78 is 39.3. The molecule has 2 aromatic heterocycles. The monoisotopic (exact) mass is 538 g/mol. The highest BCUT2D eigenvalue weighted by molar-refractivity contribution is 7.89. The van der Waals surface area contributed by atoms with E-state index in [-0.39, 0.29) is 19.2 Å². The zero-order valence-corrected chi connectivity index (χ0v) is 22.9. The highest BCUT2D eigenvalue weighted by Gasteiger charge is 2.40. The van der Waals surface area contributed by atoms with Crippen molar-refractivity contribution in [3.63, 3.8) is 0 Å². The molecule has 4 heterocycles. The van der Waals surface area contributed by atoms with Gasteiger partial charge in [-0.05, 0) is 55.7 Å². The Labute approximate surface area is 224 Å². The molecule has 10 nitrogen and oxygen atoms in total. The van der Waals surface area contributed by atoms with Gasteiger partial charge in [-0.15, -0.1) is 0 Å². The van der Waals surface area contributed by atoms with Crippen LogP contribution in [0.2, 0.25) is 0 Å². The lowest BCUT2D eigenvalue weighted by atomic mass is 10.1. The van der Waals surface area contributed by atoms with Crippen LogP contribution in [0.1, 0.15) is 23.2 Å². The van der Waals surface area contributed by atoms with E-state index in [2.05, 4.69) is 30.8 Å². The van der Waals surface area contributed by atoms with Crippen LogP contribution in [0.25, 0.3) is 0 Å². The standard InChI is InChI=1S/C27H34N6O4S/c1-20-15-23(36-3)16-21(2)26(20)38(34,35)33-18-24(19-33)37-25-8-10-29-27(30-25)32-12-6-11-31(13-14-32)17-22-7-4-5-9-28-22/h4-5,7-10,15-16,24H,6,11-14,17-19H2,1-3H3. The van der Waals surface area contributed by atoms with Gasteiger partial charge < -0.3 is 14.4 Å². The second kappa shape index (κ2) is 11.2. The summed E-state index contributed by atoms with van der Waals surface area (Å²) in [4.78, 5) is 18.5. The Bertz CT molecular complexity index is 1340. The number of hydrogen-bond donors (Lipinski definition) is 0. The second-order valence-corrected chi connectivity index (χ2v) is 11.7. The quantitative estimate of drug-likeness (QED) is 0.428. The molecule has 0 radical (unpaired) electrons. The third-order valence-corrected chi connectivity index (χ3v) is 9.11. The lowest BCUT2D eigenvalue weighted by Crippen LogP contribution is -2.56. The molecule has 3 aromatic rings. The van der Waals surface area contributed by atoms with Crippen LogP contribution in [0.5, 0.6) is 11.6 Å². The molecule has 0 N–H and O–H groups in total. The summed E-state index contributed by atoms with van der Waals surface area (Å²) >= 11 is 0. The molecule has 11 heteroatoms. The van der Waals surface area contributed by atoms with Crippen LogP contribution in [0.3, 0.4) is 0 Å². The molecule has 202 valence electrons. The van der Waals surface area contributed by atoms with Crippen LogP contribution >= 0.6 is 0 Å². The summed E-state index contributed by atoms with van der Waals surface area (Å²) in [5, 5.41) is 0. The van der Waals surface area contributed by atoms with Gasteiger partial charge in [0.1, 0.15) is 11.9 Å². The van der Waals surface area contributed by atoms with E-state index in [9.17, 15) is 8.42 Å². The van der Waals surface area contributed by atoms with Gasteiger partial charge in [0.25, 0.3) is 0 Å². The van der Waals surface area contributed by atoms with Gasteiger partial charge in [-0.25, -0.2) is 13.4 Å². The molecule has 2 saturated heterocycles. The number of ether oxygens (including phenoxy) is 2.